The number of nitrogens with zero attached hydrogens (tertiary/aromatic N) is 4. The predicted octanol–water partition coefficient (Wildman–Crippen LogP) is 2.57. The van der Waals surface area contributed by atoms with Gasteiger partial charge in [0.25, 0.3) is 0 Å². The molecule has 2 aromatic rings. The van der Waals surface area contributed by atoms with Gasteiger partial charge in [-0.15, -0.1) is 10.2 Å². The molecule has 17 heavy (non-hydrogen) atoms. The maximum Gasteiger partial charge on any atom is 0.225 e. The van der Waals surface area contributed by atoms with Gasteiger partial charge in [-0.05, 0) is 18.5 Å². The maximum absolute atomic E-state index is 6.04. The smallest absolute Gasteiger partial charge is 0.225 e. The van der Waals surface area contributed by atoms with Gasteiger partial charge in [-0.3, -0.25) is 4.57 Å². The molecule has 92 valence electrons. The third-order valence-corrected chi connectivity index (χ3v) is 2.65. The summed E-state index contributed by atoms with van der Waals surface area (Å²) < 4.78 is 6.88. The summed E-state index contributed by atoms with van der Waals surface area (Å²) in [5.74, 6) is 1.62. The lowest BCUT2D eigenvalue weighted by Crippen LogP contribution is -2.19. The van der Waals surface area contributed by atoms with Gasteiger partial charge in [0, 0.05) is 11.5 Å². The molecule has 2 aromatic heterocycles. The van der Waals surface area contributed by atoms with E-state index in [0.717, 1.165) is 17.3 Å². The summed E-state index contributed by atoms with van der Waals surface area (Å²) in [4.78, 5) is 0. The van der Waals surface area contributed by atoms with Crippen LogP contribution in [0.5, 0.6) is 0 Å². The quantitative estimate of drug-likeness (QED) is 0.827. The van der Waals surface area contributed by atoms with Crippen molar-refractivity contribution in [2.45, 2.75) is 39.7 Å². The molecule has 0 amide bonds. The number of halogens is 1. The summed E-state index contributed by atoms with van der Waals surface area (Å²) in [5, 5.41) is 12.3. The van der Waals surface area contributed by atoms with Gasteiger partial charge in [-0.2, -0.15) is 0 Å². The lowest BCUT2D eigenvalue weighted by molar-refractivity contribution is 0.387. The molecule has 0 unspecified atom stereocenters. The lowest BCUT2D eigenvalue weighted by Gasteiger charge is -2.18. The fraction of sp³-hybridized carbons (Fsp3) is 0.545. The summed E-state index contributed by atoms with van der Waals surface area (Å²) in [6.45, 7) is 8.58. The predicted molar refractivity (Wildman–Crippen MR) is 64.1 cm³/mol. The van der Waals surface area contributed by atoms with Crippen LogP contribution < -0.4 is 0 Å². The van der Waals surface area contributed by atoms with Gasteiger partial charge in [-0.25, -0.2) is 0 Å². The summed E-state index contributed by atoms with van der Waals surface area (Å²) in [6.07, 6.45) is 0. The molecule has 0 aliphatic rings. The molecule has 0 aliphatic heterocycles. The number of aryl methyl sites for hydroxylation is 1. The van der Waals surface area contributed by atoms with Crippen LogP contribution in [0, 0.1) is 6.92 Å². The molecule has 0 saturated carbocycles. The average molecular weight is 255 g/mol. The minimum Gasteiger partial charge on any atom is -0.361 e. The third kappa shape index (κ3) is 2.49. The Kier molecular flexibility index (Phi) is 2.95. The maximum atomic E-state index is 6.04. The molecule has 2 heterocycles. The van der Waals surface area contributed by atoms with E-state index >= 15 is 0 Å². The van der Waals surface area contributed by atoms with Gasteiger partial charge < -0.3 is 4.52 Å². The zero-order valence-electron chi connectivity index (χ0n) is 10.4. The van der Waals surface area contributed by atoms with Gasteiger partial charge in [0.15, 0.2) is 0 Å². The van der Waals surface area contributed by atoms with E-state index < -0.39 is 0 Å². The van der Waals surface area contributed by atoms with Crippen LogP contribution in [-0.2, 0) is 12.0 Å². The van der Waals surface area contributed by atoms with Crippen molar-refractivity contribution in [3.63, 3.8) is 0 Å². The number of rotatable bonds is 2. The molecule has 0 saturated heterocycles. The Morgan fingerprint density at radius 3 is 2.59 bits per heavy atom. The zero-order chi connectivity index (χ0) is 12.6. The third-order valence-electron chi connectivity index (χ3n) is 2.37. The molecule has 0 radical (unpaired) electrons. The van der Waals surface area contributed by atoms with Crippen molar-refractivity contribution in [3.05, 3.63) is 28.6 Å². The van der Waals surface area contributed by atoms with Crippen molar-refractivity contribution in [1.82, 2.24) is 19.9 Å². The van der Waals surface area contributed by atoms with E-state index in [1.54, 1.807) is 0 Å². The van der Waals surface area contributed by atoms with E-state index in [9.17, 15) is 0 Å². The Morgan fingerprint density at radius 2 is 2.06 bits per heavy atom. The van der Waals surface area contributed by atoms with Crippen LogP contribution >= 0.6 is 11.6 Å². The first-order valence-electron chi connectivity index (χ1n) is 5.39. The second kappa shape index (κ2) is 4.14. The summed E-state index contributed by atoms with van der Waals surface area (Å²) in [5.41, 5.74) is 0.702. The summed E-state index contributed by atoms with van der Waals surface area (Å²) >= 11 is 6.04. The molecule has 0 aliphatic carbocycles. The molecule has 6 heteroatoms. The molecule has 0 bridgehead atoms. The number of aromatic nitrogens is 4. The van der Waals surface area contributed by atoms with Crippen molar-refractivity contribution >= 4 is 11.6 Å². The Hall–Kier alpha value is -1.36. The van der Waals surface area contributed by atoms with Crippen LogP contribution in [0.2, 0.25) is 5.28 Å². The Balaban J connectivity index is 2.35. The highest BCUT2D eigenvalue weighted by Gasteiger charge is 2.23. The number of hydrogen-bond acceptors (Lipinski definition) is 4. The average Bonchev–Trinajstić information content (AvgIpc) is 2.74. The van der Waals surface area contributed by atoms with E-state index in [1.807, 2.05) is 17.6 Å². The second-order valence-electron chi connectivity index (χ2n) is 5.06. The standard InChI is InChI=1S/C11H15ClN4O/c1-7-5-8(15-17-7)6-16-9(11(2,3)4)13-14-10(16)12/h5H,6H2,1-4H3. The minimum absolute atomic E-state index is 0.112. The van der Waals surface area contributed by atoms with E-state index in [0.29, 0.717) is 11.8 Å². The Bertz CT molecular complexity index is 524. The van der Waals surface area contributed by atoms with Crippen molar-refractivity contribution < 1.29 is 4.52 Å². The first kappa shape index (κ1) is 12.1. The van der Waals surface area contributed by atoms with E-state index in [-0.39, 0.29) is 5.41 Å². The fourth-order valence-corrected chi connectivity index (χ4v) is 1.81. The molecular weight excluding hydrogens is 240 g/mol. The topological polar surface area (TPSA) is 56.7 Å². The van der Waals surface area contributed by atoms with Gasteiger partial charge in [-0.1, -0.05) is 25.9 Å². The lowest BCUT2D eigenvalue weighted by atomic mass is 9.96. The molecule has 2 rings (SSSR count). The SMILES string of the molecule is Cc1cc(Cn2c(Cl)nnc2C(C)(C)C)no1. The first-order chi connectivity index (χ1) is 7.88. The minimum atomic E-state index is -0.112. The van der Waals surface area contributed by atoms with Gasteiger partial charge in [0.1, 0.15) is 17.3 Å². The zero-order valence-corrected chi connectivity index (χ0v) is 11.1. The van der Waals surface area contributed by atoms with Crippen LogP contribution in [0.4, 0.5) is 0 Å². The monoisotopic (exact) mass is 254 g/mol. The first-order valence-corrected chi connectivity index (χ1v) is 5.77. The highest BCUT2D eigenvalue weighted by molar-refractivity contribution is 6.28. The fourth-order valence-electron chi connectivity index (χ4n) is 1.63. The van der Waals surface area contributed by atoms with E-state index in [4.69, 9.17) is 16.1 Å². The molecule has 0 atom stereocenters. The highest BCUT2D eigenvalue weighted by atomic mass is 35.5. The van der Waals surface area contributed by atoms with Crippen LogP contribution in [0.15, 0.2) is 10.6 Å². The van der Waals surface area contributed by atoms with Gasteiger partial charge in [0.05, 0.1) is 6.54 Å². The van der Waals surface area contributed by atoms with Crippen molar-refractivity contribution in [1.29, 1.82) is 0 Å². The van der Waals surface area contributed by atoms with E-state index in [1.165, 1.54) is 0 Å². The van der Waals surface area contributed by atoms with Crippen LogP contribution in [0.1, 0.15) is 38.0 Å². The largest absolute Gasteiger partial charge is 0.361 e. The van der Waals surface area contributed by atoms with Crippen molar-refractivity contribution in [2.75, 3.05) is 0 Å². The number of hydrogen-bond donors (Lipinski definition) is 0. The van der Waals surface area contributed by atoms with E-state index in [2.05, 4.69) is 36.1 Å². The second-order valence-corrected chi connectivity index (χ2v) is 5.40. The molecular formula is C11H15ClN4O. The van der Waals surface area contributed by atoms with Crippen LogP contribution in [-0.4, -0.2) is 19.9 Å². The Labute approximate surface area is 105 Å². The molecule has 0 spiro atoms. The molecule has 0 N–H and O–H groups in total. The normalized spacial score (nSPS) is 12.1. The Morgan fingerprint density at radius 1 is 1.35 bits per heavy atom. The highest BCUT2D eigenvalue weighted by Crippen LogP contribution is 2.23. The molecule has 0 fully saturated rings. The van der Waals surface area contributed by atoms with Gasteiger partial charge in [0.2, 0.25) is 5.28 Å². The van der Waals surface area contributed by atoms with Crippen LogP contribution in [0.25, 0.3) is 0 Å². The van der Waals surface area contributed by atoms with Crippen molar-refractivity contribution in [3.8, 4) is 0 Å². The summed E-state index contributed by atoms with van der Waals surface area (Å²) in [6, 6.07) is 1.88. The van der Waals surface area contributed by atoms with Crippen molar-refractivity contribution in [2.24, 2.45) is 0 Å². The summed E-state index contributed by atoms with van der Waals surface area (Å²) in [7, 11) is 0. The molecule has 5 nitrogen and oxygen atoms in total. The van der Waals surface area contributed by atoms with Crippen LogP contribution in [0.3, 0.4) is 0 Å². The van der Waals surface area contributed by atoms with Gasteiger partial charge >= 0.3 is 0 Å². The molecule has 0 aromatic carbocycles.